The first-order valence-corrected chi connectivity index (χ1v) is 5.38. The fraction of sp³-hybridized carbons (Fsp3) is 0.167. The van der Waals surface area contributed by atoms with Gasteiger partial charge in [-0.1, -0.05) is 12.2 Å². The molecular weight excluding hydrogens is 250 g/mol. The van der Waals surface area contributed by atoms with E-state index in [4.69, 9.17) is 5.73 Å². The molecule has 0 bridgehead atoms. The van der Waals surface area contributed by atoms with Crippen molar-refractivity contribution in [3.63, 3.8) is 0 Å². The molecule has 0 saturated heterocycles. The maximum absolute atomic E-state index is 11.1. The monoisotopic (exact) mass is 263 g/mol. The molecule has 1 rings (SSSR count). The Labute approximate surface area is 109 Å². The minimum Gasteiger partial charge on any atom is -0.387 e. The molecule has 19 heavy (non-hydrogen) atoms. The fourth-order valence-corrected chi connectivity index (χ4v) is 1.84. The summed E-state index contributed by atoms with van der Waals surface area (Å²) in [4.78, 5) is 20.5. The highest BCUT2D eigenvalue weighted by atomic mass is 16.6. The van der Waals surface area contributed by atoms with Gasteiger partial charge >= 0.3 is 5.69 Å². The highest BCUT2D eigenvalue weighted by Crippen LogP contribution is 2.37. The van der Waals surface area contributed by atoms with Gasteiger partial charge in [-0.25, -0.2) is 0 Å². The summed E-state index contributed by atoms with van der Waals surface area (Å²) in [6.07, 6.45) is 3.50. The Morgan fingerprint density at radius 1 is 1.16 bits per heavy atom. The van der Waals surface area contributed by atoms with E-state index in [2.05, 4.69) is 13.2 Å². The Balaban J connectivity index is 3.71. The predicted molar refractivity (Wildman–Crippen MR) is 72.0 cm³/mol. The van der Waals surface area contributed by atoms with E-state index in [1.807, 2.05) is 0 Å². The molecule has 0 fully saturated rings. The standard InChI is InChI=1S/C12H13N3O4/c1-3-5-8-7-10(14(16)17)11(13)12(15(18)19)9(8)6-4-2/h3-4,7H,1-2,5-6,13H2. The number of allylic oxidation sites excluding steroid dienone is 2. The average molecular weight is 263 g/mol. The van der Waals surface area contributed by atoms with Crippen molar-refractivity contribution < 1.29 is 9.85 Å². The number of rotatable bonds is 6. The number of anilines is 1. The molecule has 0 aromatic heterocycles. The summed E-state index contributed by atoms with van der Waals surface area (Å²) in [5, 5.41) is 22.0. The first-order chi connectivity index (χ1) is 8.93. The largest absolute Gasteiger partial charge is 0.387 e. The number of nitrogens with zero attached hydrogens (tertiary/aromatic N) is 2. The summed E-state index contributed by atoms with van der Waals surface area (Å²) in [5.74, 6) is 0. The number of nitrogens with two attached hydrogens (primary N) is 1. The van der Waals surface area contributed by atoms with Gasteiger partial charge in [-0.2, -0.15) is 0 Å². The van der Waals surface area contributed by atoms with E-state index in [0.29, 0.717) is 11.1 Å². The lowest BCUT2D eigenvalue weighted by Gasteiger charge is -2.09. The van der Waals surface area contributed by atoms with Crippen LogP contribution in [0, 0.1) is 20.2 Å². The maximum atomic E-state index is 11.1. The Bertz CT molecular complexity index is 567. The van der Waals surface area contributed by atoms with Gasteiger partial charge < -0.3 is 5.73 Å². The summed E-state index contributed by atoms with van der Waals surface area (Å²) < 4.78 is 0. The third-order valence-electron chi connectivity index (χ3n) is 2.61. The first kappa shape index (κ1) is 14.4. The van der Waals surface area contributed by atoms with E-state index in [1.165, 1.54) is 18.2 Å². The zero-order valence-corrected chi connectivity index (χ0v) is 10.2. The van der Waals surface area contributed by atoms with Crippen molar-refractivity contribution in [2.45, 2.75) is 12.8 Å². The summed E-state index contributed by atoms with van der Waals surface area (Å²) in [6, 6.07) is 1.25. The Morgan fingerprint density at radius 3 is 2.16 bits per heavy atom. The molecule has 0 heterocycles. The van der Waals surface area contributed by atoms with E-state index >= 15 is 0 Å². The Kier molecular flexibility index (Phi) is 4.36. The van der Waals surface area contributed by atoms with Gasteiger partial charge in [0.1, 0.15) is 0 Å². The minimum atomic E-state index is -0.730. The SMILES string of the molecule is C=CCc1cc([N+](=O)[O-])c(N)c([N+](=O)[O-])c1CC=C. The molecule has 0 aliphatic heterocycles. The van der Waals surface area contributed by atoms with Crippen molar-refractivity contribution in [2.24, 2.45) is 0 Å². The van der Waals surface area contributed by atoms with Crippen molar-refractivity contribution >= 4 is 17.1 Å². The third-order valence-corrected chi connectivity index (χ3v) is 2.61. The van der Waals surface area contributed by atoms with Gasteiger partial charge in [-0.05, 0) is 18.4 Å². The topological polar surface area (TPSA) is 112 Å². The van der Waals surface area contributed by atoms with Crippen LogP contribution >= 0.6 is 0 Å². The molecule has 2 N–H and O–H groups in total. The summed E-state index contributed by atoms with van der Waals surface area (Å²) in [5.41, 5.74) is 5.02. The quantitative estimate of drug-likeness (QED) is 0.366. The second-order valence-corrected chi connectivity index (χ2v) is 3.80. The Morgan fingerprint density at radius 2 is 1.74 bits per heavy atom. The number of hydrogen-bond donors (Lipinski definition) is 1. The third kappa shape index (κ3) is 2.76. The molecule has 0 radical (unpaired) electrons. The highest BCUT2D eigenvalue weighted by molar-refractivity contribution is 5.75. The van der Waals surface area contributed by atoms with E-state index in [9.17, 15) is 20.2 Å². The molecule has 0 atom stereocenters. The number of benzene rings is 1. The van der Waals surface area contributed by atoms with Crippen LogP contribution in [0.25, 0.3) is 0 Å². The smallest absolute Gasteiger partial charge is 0.302 e. The van der Waals surface area contributed by atoms with Gasteiger partial charge in [0.25, 0.3) is 5.69 Å². The van der Waals surface area contributed by atoms with Crippen LogP contribution in [-0.4, -0.2) is 9.85 Å². The van der Waals surface area contributed by atoms with Gasteiger partial charge in [-0.3, -0.25) is 20.2 Å². The first-order valence-electron chi connectivity index (χ1n) is 5.38. The van der Waals surface area contributed by atoms with Crippen LogP contribution < -0.4 is 5.73 Å². The lowest BCUT2D eigenvalue weighted by Crippen LogP contribution is -2.07. The summed E-state index contributed by atoms with van der Waals surface area (Å²) >= 11 is 0. The average Bonchev–Trinajstić information content (AvgIpc) is 2.32. The van der Waals surface area contributed by atoms with E-state index in [0.717, 1.165) is 0 Å². The molecule has 1 aromatic rings. The van der Waals surface area contributed by atoms with Crippen molar-refractivity contribution in [1.82, 2.24) is 0 Å². The Hall–Kier alpha value is -2.70. The fourth-order valence-electron chi connectivity index (χ4n) is 1.84. The molecule has 100 valence electrons. The summed E-state index contributed by atoms with van der Waals surface area (Å²) in [6.45, 7) is 7.05. The van der Waals surface area contributed by atoms with E-state index in [-0.39, 0.29) is 12.8 Å². The molecule has 7 heteroatoms. The lowest BCUT2D eigenvalue weighted by atomic mass is 9.97. The van der Waals surface area contributed by atoms with Gasteiger partial charge in [0.05, 0.1) is 9.85 Å². The van der Waals surface area contributed by atoms with Crippen LogP contribution in [-0.2, 0) is 12.8 Å². The van der Waals surface area contributed by atoms with Crippen molar-refractivity contribution in [3.05, 3.63) is 62.7 Å². The van der Waals surface area contributed by atoms with Crippen molar-refractivity contribution in [2.75, 3.05) is 5.73 Å². The zero-order chi connectivity index (χ0) is 14.6. The lowest BCUT2D eigenvalue weighted by molar-refractivity contribution is -0.392. The number of nitro benzene ring substituents is 2. The maximum Gasteiger partial charge on any atom is 0.302 e. The van der Waals surface area contributed by atoms with E-state index < -0.39 is 26.9 Å². The highest BCUT2D eigenvalue weighted by Gasteiger charge is 2.29. The molecule has 0 aliphatic rings. The molecule has 0 spiro atoms. The molecule has 0 unspecified atom stereocenters. The molecule has 7 nitrogen and oxygen atoms in total. The van der Waals surface area contributed by atoms with Crippen molar-refractivity contribution in [3.8, 4) is 0 Å². The minimum absolute atomic E-state index is 0.210. The van der Waals surface area contributed by atoms with Crippen LogP contribution in [0.3, 0.4) is 0 Å². The molecular formula is C12H13N3O4. The van der Waals surface area contributed by atoms with Gasteiger partial charge in [0.2, 0.25) is 0 Å². The second-order valence-electron chi connectivity index (χ2n) is 3.80. The van der Waals surface area contributed by atoms with Crippen LogP contribution in [0.15, 0.2) is 31.4 Å². The van der Waals surface area contributed by atoms with Crippen LogP contribution in [0.2, 0.25) is 0 Å². The molecule has 0 saturated carbocycles. The van der Waals surface area contributed by atoms with Crippen LogP contribution in [0.5, 0.6) is 0 Å². The van der Waals surface area contributed by atoms with Crippen LogP contribution in [0.1, 0.15) is 11.1 Å². The van der Waals surface area contributed by atoms with Gasteiger partial charge in [0.15, 0.2) is 5.69 Å². The van der Waals surface area contributed by atoms with Crippen molar-refractivity contribution in [1.29, 1.82) is 0 Å². The predicted octanol–water partition coefficient (Wildman–Crippen LogP) is 2.54. The zero-order valence-electron chi connectivity index (χ0n) is 10.2. The molecule has 0 amide bonds. The van der Waals surface area contributed by atoms with Gasteiger partial charge in [0, 0.05) is 11.6 Å². The molecule has 1 aromatic carbocycles. The number of hydrogen-bond acceptors (Lipinski definition) is 5. The normalized spacial score (nSPS) is 9.89. The van der Waals surface area contributed by atoms with Crippen LogP contribution in [0.4, 0.5) is 17.1 Å². The second kappa shape index (κ2) is 5.76. The molecule has 0 aliphatic carbocycles. The van der Waals surface area contributed by atoms with Gasteiger partial charge in [-0.15, -0.1) is 13.2 Å². The number of nitro groups is 2. The van der Waals surface area contributed by atoms with E-state index in [1.54, 1.807) is 0 Å². The number of nitrogen functional groups attached to an aromatic ring is 1. The summed E-state index contributed by atoms with van der Waals surface area (Å²) in [7, 11) is 0.